The number of carbonyl (C=O) groups excluding carboxylic acids is 1. The molecule has 1 fully saturated rings. The molecule has 1 N–H and O–H groups in total. The SMILES string of the molecule is N#Cc1ccc(C(=O)N2CCCCC2C(=O)O)cc1. The van der Waals surface area contributed by atoms with E-state index in [1.54, 1.807) is 24.3 Å². The summed E-state index contributed by atoms with van der Waals surface area (Å²) in [6.45, 7) is 0.468. The number of rotatable bonds is 2. The zero-order chi connectivity index (χ0) is 13.8. The molecule has 1 amide bonds. The van der Waals surface area contributed by atoms with Crippen LogP contribution < -0.4 is 0 Å². The molecular formula is C14H14N2O3. The van der Waals surface area contributed by atoms with Crippen LogP contribution >= 0.6 is 0 Å². The second-order valence-corrected chi connectivity index (χ2v) is 4.54. The van der Waals surface area contributed by atoms with E-state index in [9.17, 15) is 9.59 Å². The molecule has 1 aliphatic rings. The predicted molar refractivity (Wildman–Crippen MR) is 67.5 cm³/mol. The fraction of sp³-hybridized carbons (Fsp3) is 0.357. The van der Waals surface area contributed by atoms with Crippen molar-refractivity contribution in [2.24, 2.45) is 0 Å². The lowest BCUT2D eigenvalue weighted by Gasteiger charge is -2.33. The van der Waals surface area contributed by atoms with E-state index in [1.807, 2.05) is 6.07 Å². The van der Waals surface area contributed by atoms with Crippen LogP contribution in [0.1, 0.15) is 35.2 Å². The van der Waals surface area contributed by atoms with Crippen LogP contribution in [0.2, 0.25) is 0 Å². The number of hydrogen-bond donors (Lipinski definition) is 1. The molecule has 1 heterocycles. The van der Waals surface area contributed by atoms with E-state index < -0.39 is 12.0 Å². The Morgan fingerprint density at radius 2 is 1.95 bits per heavy atom. The molecular weight excluding hydrogens is 244 g/mol. The van der Waals surface area contributed by atoms with Crippen molar-refractivity contribution < 1.29 is 14.7 Å². The molecule has 98 valence electrons. The van der Waals surface area contributed by atoms with Gasteiger partial charge in [0, 0.05) is 12.1 Å². The maximum Gasteiger partial charge on any atom is 0.326 e. The summed E-state index contributed by atoms with van der Waals surface area (Å²) in [5.74, 6) is -1.24. The number of aliphatic carboxylic acids is 1. The average molecular weight is 258 g/mol. The molecule has 0 spiro atoms. The topological polar surface area (TPSA) is 81.4 Å². The zero-order valence-electron chi connectivity index (χ0n) is 10.4. The van der Waals surface area contributed by atoms with Gasteiger partial charge in [-0.2, -0.15) is 5.26 Å². The standard InChI is InChI=1S/C14H14N2O3/c15-9-10-4-6-11(7-5-10)13(17)16-8-2-1-3-12(16)14(18)19/h4-7,12H,1-3,8H2,(H,18,19). The molecule has 1 aromatic carbocycles. The number of piperidine rings is 1. The van der Waals surface area contributed by atoms with Gasteiger partial charge in [0.15, 0.2) is 0 Å². The molecule has 0 radical (unpaired) electrons. The summed E-state index contributed by atoms with van der Waals surface area (Å²) >= 11 is 0. The second kappa shape index (κ2) is 5.53. The minimum Gasteiger partial charge on any atom is -0.480 e. The third-order valence-electron chi connectivity index (χ3n) is 3.31. The zero-order valence-corrected chi connectivity index (χ0v) is 10.4. The molecule has 1 aromatic rings. The van der Waals surface area contributed by atoms with Crippen LogP contribution in [0.15, 0.2) is 24.3 Å². The summed E-state index contributed by atoms with van der Waals surface area (Å²) in [7, 11) is 0. The van der Waals surface area contributed by atoms with Gasteiger partial charge in [0.25, 0.3) is 5.91 Å². The number of nitriles is 1. The largest absolute Gasteiger partial charge is 0.480 e. The van der Waals surface area contributed by atoms with Crippen LogP contribution in [0.3, 0.4) is 0 Å². The fourth-order valence-electron chi connectivity index (χ4n) is 2.28. The average Bonchev–Trinajstić information content (AvgIpc) is 2.46. The lowest BCUT2D eigenvalue weighted by Crippen LogP contribution is -2.47. The van der Waals surface area contributed by atoms with E-state index in [1.165, 1.54) is 4.90 Å². The molecule has 5 heteroatoms. The third kappa shape index (κ3) is 2.74. The smallest absolute Gasteiger partial charge is 0.326 e. The van der Waals surface area contributed by atoms with E-state index in [0.717, 1.165) is 12.8 Å². The van der Waals surface area contributed by atoms with Crippen molar-refractivity contribution in [3.05, 3.63) is 35.4 Å². The van der Waals surface area contributed by atoms with Crippen LogP contribution in [0.4, 0.5) is 0 Å². The lowest BCUT2D eigenvalue weighted by molar-refractivity contribution is -0.143. The van der Waals surface area contributed by atoms with Crippen molar-refractivity contribution in [3.8, 4) is 6.07 Å². The Morgan fingerprint density at radius 1 is 1.26 bits per heavy atom. The van der Waals surface area contributed by atoms with E-state index in [2.05, 4.69) is 0 Å². The summed E-state index contributed by atoms with van der Waals surface area (Å²) < 4.78 is 0. The Hall–Kier alpha value is -2.35. The van der Waals surface area contributed by atoms with Crippen LogP contribution in [-0.2, 0) is 4.79 Å². The molecule has 1 unspecified atom stereocenters. The summed E-state index contributed by atoms with van der Waals surface area (Å²) in [5, 5.41) is 17.9. The van der Waals surface area contributed by atoms with Crippen LogP contribution in [0.25, 0.3) is 0 Å². The van der Waals surface area contributed by atoms with Gasteiger partial charge in [-0.15, -0.1) is 0 Å². The number of carboxylic acid groups (broad SMARTS) is 1. The number of likely N-dealkylation sites (tertiary alicyclic amines) is 1. The maximum atomic E-state index is 12.3. The minimum absolute atomic E-state index is 0.281. The summed E-state index contributed by atoms with van der Waals surface area (Å²) in [5.41, 5.74) is 0.900. The molecule has 1 aliphatic heterocycles. The first-order valence-corrected chi connectivity index (χ1v) is 6.17. The predicted octanol–water partition coefficient (Wildman–Crippen LogP) is 1.64. The first-order valence-electron chi connectivity index (χ1n) is 6.17. The van der Waals surface area contributed by atoms with E-state index in [0.29, 0.717) is 24.1 Å². The molecule has 19 heavy (non-hydrogen) atoms. The first-order chi connectivity index (χ1) is 9.13. The number of amides is 1. The van der Waals surface area contributed by atoms with Crippen molar-refractivity contribution in [2.75, 3.05) is 6.54 Å². The molecule has 1 atom stereocenters. The molecule has 0 saturated carbocycles. The van der Waals surface area contributed by atoms with Gasteiger partial charge in [0.05, 0.1) is 11.6 Å². The summed E-state index contributed by atoms with van der Waals surface area (Å²) in [4.78, 5) is 24.9. The van der Waals surface area contributed by atoms with Crippen LogP contribution in [-0.4, -0.2) is 34.5 Å². The molecule has 0 bridgehead atoms. The minimum atomic E-state index is -0.957. The van der Waals surface area contributed by atoms with Crippen molar-refractivity contribution in [1.29, 1.82) is 5.26 Å². The van der Waals surface area contributed by atoms with Crippen molar-refractivity contribution in [2.45, 2.75) is 25.3 Å². The van der Waals surface area contributed by atoms with E-state index >= 15 is 0 Å². The normalized spacial score (nSPS) is 18.7. The van der Waals surface area contributed by atoms with Gasteiger partial charge in [-0.1, -0.05) is 0 Å². The first kappa shape index (κ1) is 13.1. The van der Waals surface area contributed by atoms with Crippen LogP contribution in [0.5, 0.6) is 0 Å². The quantitative estimate of drug-likeness (QED) is 0.874. The van der Waals surface area contributed by atoms with Crippen molar-refractivity contribution >= 4 is 11.9 Å². The Balaban J connectivity index is 2.21. The van der Waals surface area contributed by atoms with E-state index in [4.69, 9.17) is 10.4 Å². The van der Waals surface area contributed by atoms with Gasteiger partial charge in [-0.05, 0) is 43.5 Å². The van der Waals surface area contributed by atoms with Gasteiger partial charge in [0.1, 0.15) is 6.04 Å². The van der Waals surface area contributed by atoms with E-state index in [-0.39, 0.29) is 5.91 Å². The Morgan fingerprint density at radius 3 is 2.53 bits per heavy atom. The summed E-state index contributed by atoms with van der Waals surface area (Å²) in [6, 6.07) is 7.49. The van der Waals surface area contributed by atoms with Gasteiger partial charge in [0.2, 0.25) is 0 Å². The Kier molecular flexibility index (Phi) is 3.81. The Labute approximate surface area is 111 Å². The number of nitrogens with zero attached hydrogens (tertiary/aromatic N) is 2. The molecule has 2 rings (SSSR count). The Bertz CT molecular complexity index is 531. The van der Waals surface area contributed by atoms with Crippen molar-refractivity contribution in [1.82, 2.24) is 4.90 Å². The monoisotopic (exact) mass is 258 g/mol. The number of benzene rings is 1. The third-order valence-corrected chi connectivity index (χ3v) is 3.31. The second-order valence-electron chi connectivity index (χ2n) is 4.54. The van der Waals surface area contributed by atoms with Gasteiger partial charge in [-0.25, -0.2) is 4.79 Å². The highest BCUT2D eigenvalue weighted by molar-refractivity contribution is 5.96. The molecule has 0 aromatic heterocycles. The van der Waals surface area contributed by atoms with Crippen molar-refractivity contribution in [3.63, 3.8) is 0 Å². The van der Waals surface area contributed by atoms with Crippen LogP contribution in [0, 0.1) is 11.3 Å². The van der Waals surface area contributed by atoms with Gasteiger partial charge < -0.3 is 10.0 Å². The number of hydrogen-bond acceptors (Lipinski definition) is 3. The number of carbonyl (C=O) groups is 2. The van der Waals surface area contributed by atoms with Gasteiger partial charge >= 0.3 is 5.97 Å². The highest BCUT2D eigenvalue weighted by Gasteiger charge is 2.32. The number of carboxylic acids is 1. The summed E-state index contributed by atoms with van der Waals surface area (Å²) in [6.07, 6.45) is 2.15. The fourth-order valence-corrected chi connectivity index (χ4v) is 2.28. The molecule has 0 aliphatic carbocycles. The molecule has 1 saturated heterocycles. The van der Waals surface area contributed by atoms with Gasteiger partial charge in [-0.3, -0.25) is 4.79 Å². The maximum absolute atomic E-state index is 12.3. The highest BCUT2D eigenvalue weighted by Crippen LogP contribution is 2.20. The molecule has 5 nitrogen and oxygen atoms in total. The highest BCUT2D eigenvalue weighted by atomic mass is 16.4. The lowest BCUT2D eigenvalue weighted by atomic mass is 10.0.